The minimum absolute atomic E-state index is 0.0838. The van der Waals surface area contributed by atoms with E-state index in [9.17, 15) is 4.79 Å². The summed E-state index contributed by atoms with van der Waals surface area (Å²) in [5.74, 6) is 0.252. The molecule has 2 aromatic carbocycles. The Bertz CT molecular complexity index is 968. The first-order valence-corrected chi connectivity index (χ1v) is 10.7. The summed E-state index contributed by atoms with van der Waals surface area (Å²) in [6.45, 7) is 7.68. The summed E-state index contributed by atoms with van der Waals surface area (Å²) in [6, 6.07) is 19.7. The van der Waals surface area contributed by atoms with E-state index in [1.165, 1.54) is 0 Å². The van der Waals surface area contributed by atoms with E-state index in [2.05, 4.69) is 22.2 Å². The van der Waals surface area contributed by atoms with Crippen LogP contribution in [0.2, 0.25) is 0 Å². The van der Waals surface area contributed by atoms with E-state index < -0.39 is 5.92 Å². The van der Waals surface area contributed by atoms with Crippen molar-refractivity contribution >= 4 is 17.5 Å². The highest BCUT2D eigenvalue weighted by molar-refractivity contribution is 5.99. The highest BCUT2D eigenvalue weighted by Gasteiger charge is 2.25. The van der Waals surface area contributed by atoms with Gasteiger partial charge in [0.2, 0.25) is 11.9 Å². The molecule has 2 heterocycles. The average Bonchev–Trinajstić information content (AvgIpc) is 2.78. The Kier molecular flexibility index (Phi) is 6.28. The molecule has 0 spiro atoms. The highest BCUT2D eigenvalue weighted by Crippen LogP contribution is 2.28. The maximum Gasteiger partial charge on any atom is 0.236 e. The third kappa shape index (κ3) is 4.75. The molecule has 31 heavy (non-hydrogen) atoms. The molecule has 6 nitrogen and oxygen atoms in total. The monoisotopic (exact) mass is 415 g/mol. The molecular weight excluding hydrogens is 386 g/mol. The molecule has 0 radical (unpaired) electrons. The summed E-state index contributed by atoms with van der Waals surface area (Å²) in [5, 5.41) is 3.12. The Balaban J connectivity index is 1.60. The molecule has 0 unspecified atom stereocenters. The van der Waals surface area contributed by atoms with Crippen LogP contribution in [0.1, 0.15) is 28.4 Å². The van der Waals surface area contributed by atoms with Gasteiger partial charge in [-0.2, -0.15) is 0 Å². The lowest BCUT2D eigenvalue weighted by Crippen LogP contribution is -2.45. The van der Waals surface area contributed by atoms with E-state index in [4.69, 9.17) is 9.97 Å². The molecule has 0 saturated carbocycles. The van der Waals surface area contributed by atoms with Gasteiger partial charge in [-0.3, -0.25) is 4.79 Å². The van der Waals surface area contributed by atoms with E-state index >= 15 is 0 Å². The second-order valence-electron chi connectivity index (χ2n) is 8.10. The van der Waals surface area contributed by atoms with Gasteiger partial charge >= 0.3 is 0 Å². The lowest BCUT2D eigenvalue weighted by atomic mass is 9.90. The number of aryl methyl sites for hydroxylation is 2. The van der Waals surface area contributed by atoms with Gasteiger partial charge in [-0.1, -0.05) is 60.7 Å². The number of hydrogen-bond donors (Lipinski definition) is 1. The standard InChI is InChI=1S/C25H29N5O/c1-18-23(19(2)27-25(26-18)30-16-14-29(3)15-17-30)28-24(31)22(20-10-6-4-7-11-20)21-12-8-5-9-13-21/h4-13,22H,14-17H2,1-3H3,(H,28,31). The number of carbonyl (C=O) groups excluding carboxylic acids is 1. The van der Waals surface area contributed by atoms with Gasteiger partial charge in [0, 0.05) is 26.2 Å². The van der Waals surface area contributed by atoms with Crippen molar-refractivity contribution in [2.45, 2.75) is 19.8 Å². The molecule has 1 aliphatic rings. The molecule has 3 aromatic rings. The molecule has 0 bridgehead atoms. The molecule has 1 aliphatic heterocycles. The van der Waals surface area contributed by atoms with Crippen LogP contribution in [0, 0.1) is 13.8 Å². The van der Waals surface area contributed by atoms with Crippen LogP contribution in [0.5, 0.6) is 0 Å². The quantitative estimate of drug-likeness (QED) is 0.690. The summed E-state index contributed by atoms with van der Waals surface area (Å²) in [4.78, 5) is 27.4. The zero-order valence-corrected chi connectivity index (χ0v) is 18.4. The number of rotatable bonds is 5. The number of piperazine rings is 1. The fourth-order valence-electron chi connectivity index (χ4n) is 4.01. The number of benzene rings is 2. The zero-order chi connectivity index (χ0) is 21.8. The molecule has 0 aliphatic carbocycles. The van der Waals surface area contributed by atoms with Gasteiger partial charge in [0.15, 0.2) is 0 Å². The number of carbonyl (C=O) groups is 1. The maximum atomic E-state index is 13.5. The van der Waals surface area contributed by atoms with Crippen LogP contribution in [0.3, 0.4) is 0 Å². The third-order valence-corrected chi connectivity index (χ3v) is 5.82. The second kappa shape index (κ2) is 9.27. The highest BCUT2D eigenvalue weighted by atomic mass is 16.1. The number of nitrogens with one attached hydrogen (secondary N) is 1. The molecule has 4 rings (SSSR count). The summed E-state index contributed by atoms with van der Waals surface area (Å²) in [7, 11) is 2.13. The van der Waals surface area contributed by atoms with Crippen LogP contribution in [0.4, 0.5) is 11.6 Å². The normalized spacial score (nSPS) is 14.6. The molecule has 1 N–H and O–H groups in total. The number of amides is 1. The minimum Gasteiger partial charge on any atom is -0.338 e. The molecule has 1 saturated heterocycles. The Hall–Kier alpha value is -3.25. The van der Waals surface area contributed by atoms with Crippen molar-refractivity contribution in [1.82, 2.24) is 14.9 Å². The number of anilines is 2. The van der Waals surface area contributed by atoms with Gasteiger partial charge in [-0.15, -0.1) is 0 Å². The van der Waals surface area contributed by atoms with Crippen molar-refractivity contribution in [2.24, 2.45) is 0 Å². The molecule has 1 amide bonds. The Morgan fingerprint density at radius 3 is 1.81 bits per heavy atom. The Morgan fingerprint density at radius 1 is 0.839 bits per heavy atom. The molecule has 0 atom stereocenters. The fraction of sp³-hybridized carbons (Fsp3) is 0.320. The first kappa shape index (κ1) is 21.0. The number of aromatic nitrogens is 2. The van der Waals surface area contributed by atoms with Crippen LogP contribution >= 0.6 is 0 Å². The van der Waals surface area contributed by atoms with Gasteiger partial charge in [0.1, 0.15) is 0 Å². The fourth-order valence-corrected chi connectivity index (χ4v) is 4.01. The van der Waals surface area contributed by atoms with Crippen molar-refractivity contribution in [3.05, 3.63) is 83.2 Å². The van der Waals surface area contributed by atoms with Gasteiger partial charge in [-0.25, -0.2) is 9.97 Å². The van der Waals surface area contributed by atoms with Crippen LogP contribution in [0.15, 0.2) is 60.7 Å². The van der Waals surface area contributed by atoms with Gasteiger partial charge < -0.3 is 15.1 Å². The number of likely N-dealkylation sites (N-methyl/N-ethyl adjacent to an activating group) is 1. The summed E-state index contributed by atoms with van der Waals surface area (Å²) < 4.78 is 0. The molecular formula is C25H29N5O. The first-order chi connectivity index (χ1) is 15.0. The molecule has 6 heteroatoms. The lowest BCUT2D eigenvalue weighted by molar-refractivity contribution is -0.116. The lowest BCUT2D eigenvalue weighted by Gasteiger charge is -2.32. The van der Waals surface area contributed by atoms with E-state index in [-0.39, 0.29) is 5.91 Å². The number of hydrogen-bond acceptors (Lipinski definition) is 5. The van der Waals surface area contributed by atoms with Crippen molar-refractivity contribution in [1.29, 1.82) is 0 Å². The van der Waals surface area contributed by atoms with Gasteiger partial charge in [-0.05, 0) is 32.0 Å². The largest absolute Gasteiger partial charge is 0.338 e. The van der Waals surface area contributed by atoms with Crippen molar-refractivity contribution in [2.75, 3.05) is 43.4 Å². The summed E-state index contributed by atoms with van der Waals surface area (Å²) in [5.41, 5.74) is 4.18. The molecule has 1 fully saturated rings. The predicted octanol–water partition coefficient (Wildman–Crippen LogP) is 3.62. The second-order valence-corrected chi connectivity index (χ2v) is 8.10. The smallest absolute Gasteiger partial charge is 0.236 e. The SMILES string of the molecule is Cc1nc(N2CCN(C)CC2)nc(C)c1NC(=O)C(c1ccccc1)c1ccccc1. The van der Waals surface area contributed by atoms with Crippen molar-refractivity contribution in [3.8, 4) is 0 Å². The zero-order valence-electron chi connectivity index (χ0n) is 18.4. The topological polar surface area (TPSA) is 61.4 Å². The first-order valence-electron chi connectivity index (χ1n) is 10.7. The van der Waals surface area contributed by atoms with Crippen LogP contribution in [-0.2, 0) is 4.79 Å². The summed E-state index contributed by atoms with van der Waals surface area (Å²) >= 11 is 0. The van der Waals surface area contributed by atoms with E-state index in [1.54, 1.807) is 0 Å². The molecule has 1 aromatic heterocycles. The van der Waals surface area contributed by atoms with Crippen LogP contribution < -0.4 is 10.2 Å². The predicted molar refractivity (Wildman–Crippen MR) is 125 cm³/mol. The van der Waals surface area contributed by atoms with Gasteiger partial charge in [0.25, 0.3) is 0 Å². The Morgan fingerprint density at radius 2 is 1.32 bits per heavy atom. The summed E-state index contributed by atoms with van der Waals surface area (Å²) in [6.07, 6.45) is 0. The van der Waals surface area contributed by atoms with Crippen molar-refractivity contribution < 1.29 is 4.79 Å². The van der Waals surface area contributed by atoms with E-state index in [0.29, 0.717) is 5.69 Å². The minimum atomic E-state index is -0.404. The maximum absolute atomic E-state index is 13.5. The average molecular weight is 416 g/mol. The van der Waals surface area contributed by atoms with Crippen molar-refractivity contribution in [3.63, 3.8) is 0 Å². The number of nitrogens with zero attached hydrogens (tertiary/aromatic N) is 4. The van der Waals surface area contributed by atoms with Gasteiger partial charge in [0.05, 0.1) is 23.0 Å². The van der Waals surface area contributed by atoms with Crippen LogP contribution in [-0.4, -0.2) is 54.0 Å². The molecule has 160 valence electrons. The van der Waals surface area contributed by atoms with E-state index in [1.807, 2.05) is 74.5 Å². The van der Waals surface area contributed by atoms with Crippen LogP contribution in [0.25, 0.3) is 0 Å². The Labute approximate surface area is 183 Å². The van der Waals surface area contributed by atoms with E-state index in [0.717, 1.165) is 54.6 Å². The third-order valence-electron chi connectivity index (χ3n) is 5.82.